The maximum absolute atomic E-state index is 10.6. The molecule has 0 aliphatic heterocycles. The molecule has 1 aromatic carbocycles. The second-order valence-electron chi connectivity index (χ2n) is 3.89. The van der Waals surface area contributed by atoms with Crippen LogP contribution < -0.4 is 20.6 Å². The monoisotopic (exact) mass is 285 g/mol. The first-order valence-electron chi connectivity index (χ1n) is 5.57. The molecule has 0 radical (unpaired) electrons. The summed E-state index contributed by atoms with van der Waals surface area (Å²) in [5.74, 6) is 0.959. The fraction of sp³-hybridized carbons (Fsp3) is 0.333. The molecule has 0 aliphatic rings. The molecule has 1 aromatic rings. The molecule has 0 bridgehead atoms. The molecule has 0 fully saturated rings. The second-order valence-corrected chi connectivity index (χ2v) is 4.30. The first kappa shape index (κ1) is 15.1. The summed E-state index contributed by atoms with van der Waals surface area (Å²) in [7, 11) is 1.52. The number of carbonyl (C=O) groups excluding carboxylic acids is 1. The van der Waals surface area contributed by atoms with Crippen molar-refractivity contribution in [2.45, 2.75) is 20.0 Å². The average molecular weight is 286 g/mol. The van der Waals surface area contributed by atoms with Gasteiger partial charge < -0.3 is 15.2 Å². The molecule has 2 amide bonds. The topological polar surface area (TPSA) is 85.9 Å². The standard InChI is InChI=1S/C12H16ClN3O3/c1-7(2)19-11-8(6-15-16-12(14)17)10(18-3)5-4-9(11)13/h4-7H,1-3H3,(H3,14,16,17). The largest absolute Gasteiger partial charge is 0.496 e. The summed E-state index contributed by atoms with van der Waals surface area (Å²) in [6.45, 7) is 3.75. The number of rotatable bonds is 5. The van der Waals surface area contributed by atoms with Gasteiger partial charge in [-0.1, -0.05) is 11.6 Å². The van der Waals surface area contributed by atoms with Crippen LogP contribution in [0.2, 0.25) is 5.02 Å². The lowest BCUT2D eigenvalue weighted by atomic mass is 10.2. The van der Waals surface area contributed by atoms with E-state index in [9.17, 15) is 4.79 Å². The minimum atomic E-state index is -0.761. The number of amides is 2. The van der Waals surface area contributed by atoms with Crippen LogP contribution >= 0.6 is 11.6 Å². The van der Waals surface area contributed by atoms with Gasteiger partial charge in [0.05, 0.1) is 30.0 Å². The van der Waals surface area contributed by atoms with Crippen molar-refractivity contribution in [1.29, 1.82) is 0 Å². The summed E-state index contributed by atoms with van der Waals surface area (Å²) in [6.07, 6.45) is 1.30. The molecule has 104 valence electrons. The quantitative estimate of drug-likeness (QED) is 0.642. The number of nitrogens with one attached hydrogen (secondary N) is 1. The van der Waals surface area contributed by atoms with Gasteiger partial charge in [0.2, 0.25) is 0 Å². The first-order valence-corrected chi connectivity index (χ1v) is 5.95. The Labute approximate surface area is 116 Å². The van der Waals surface area contributed by atoms with Crippen molar-refractivity contribution >= 4 is 23.8 Å². The Morgan fingerprint density at radius 2 is 2.21 bits per heavy atom. The van der Waals surface area contributed by atoms with E-state index < -0.39 is 6.03 Å². The number of benzene rings is 1. The van der Waals surface area contributed by atoms with E-state index in [1.807, 2.05) is 13.8 Å². The highest BCUT2D eigenvalue weighted by Gasteiger charge is 2.14. The highest BCUT2D eigenvalue weighted by Crippen LogP contribution is 2.34. The number of carbonyl (C=O) groups is 1. The van der Waals surface area contributed by atoms with Crippen LogP contribution in [0.1, 0.15) is 19.4 Å². The zero-order valence-electron chi connectivity index (χ0n) is 10.9. The number of halogens is 1. The van der Waals surface area contributed by atoms with E-state index in [0.717, 1.165) is 0 Å². The van der Waals surface area contributed by atoms with Gasteiger partial charge >= 0.3 is 6.03 Å². The van der Waals surface area contributed by atoms with E-state index in [0.29, 0.717) is 22.1 Å². The molecule has 0 atom stereocenters. The van der Waals surface area contributed by atoms with Crippen LogP contribution in [0, 0.1) is 0 Å². The predicted octanol–water partition coefficient (Wildman–Crippen LogP) is 2.14. The molecular formula is C12H16ClN3O3. The molecule has 0 saturated heterocycles. The molecule has 6 nitrogen and oxygen atoms in total. The minimum Gasteiger partial charge on any atom is -0.496 e. The van der Waals surface area contributed by atoms with Gasteiger partial charge in [-0.2, -0.15) is 5.10 Å². The highest BCUT2D eigenvalue weighted by molar-refractivity contribution is 6.32. The summed E-state index contributed by atoms with van der Waals surface area (Å²) in [6, 6.07) is 2.58. The number of nitrogens with zero attached hydrogens (tertiary/aromatic N) is 1. The smallest absolute Gasteiger partial charge is 0.332 e. The number of methoxy groups -OCH3 is 1. The number of urea groups is 1. The second kappa shape index (κ2) is 6.84. The molecule has 0 heterocycles. The predicted molar refractivity (Wildman–Crippen MR) is 74.1 cm³/mol. The molecule has 1 rings (SSSR count). The van der Waals surface area contributed by atoms with Gasteiger partial charge in [0.25, 0.3) is 0 Å². The molecule has 0 saturated carbocycles. The molecule has 0 spiro atoms. The highest BCUT2D eigenvalue weighted by atomic mass is 35.5. The lowest BCUT2D eigenvalue weighted by Crippen LogP contribution is -2.24. The molecule has 0 unspecified atom stereocenters. The Morgan fingerprint density at radius 3 is 2.74 bits per heavy atom. The number of nitrogens with two attached hydrogens (primary N) is 1. The van der Waals surface area contributed by atoms with Crippen LogP contribution in [0.3, 0.4) is 0 Å². The van der Waals surface area contributed by atoms with Crippen molar-refractivity contribution in [1.82, 2.24) is 5.43 Å². The van der Waals surface area contributed by atoms with E-state index in [-0.39, 0.29) is 6.10 Å². The number of primary amides is 1. The van der Waals surface area contributed by atoms with E-state index >= 15 is 0 Å². The third-order valence-electron chi connectivity index (χ3n) is 2.05. The number of hydrogen-bond acceptors (Lipinski definition) is 4. The van der Waals surface area contributed by atoms with Crippen molar-refractivity contribution in [3.05, 3.63) is 22.7 Å². The first-order chi connectivity index (χ1) is 8.95. The van der Waals surface area contributed by atoms with Gasteiger partial charge in [0.15, 0.2) is 5.75 Å². The molecule has 0 aromatic heterocycles. The van der Waals surface area contributed by atoms with E-state index in [1.165, 1.54) is 13.3 Å². The Kier molecular flexibility index (Phi) is 5.44. The molecule has 0 aliphatic carbocycles. The maximum atomic E-state index is 10.6. The van der Waals surface area contributed by atoms with Crippen LogP contribution in [0.25, 0.3) is 0 Å². The van der Waals surface area contributed by atoms with Crippen molar-refractivity contribution in [3.8, 4) is 11.5 Å². The fourth-order valence-electron chi connectivity index (χ4n) is 1.37. The normalized spacial score (nSPS) is 10.8. The number of ether oxygens (including phenoxy) is 2. The van der Waals surface area contributed by atoms with Crippen molar-refractivity contribution < 1.29 is 14.3 Å². The van der Waals surface area contributed by atoms with E-state index in [1.54, 1.807) is 12.1 Å². The van der Waals surface area contributed by atoms with Crippen LogP contribution in [0.15, 0.2) is 17.2 Å². The lowest BCUT2D eigenvalue weighted by Gasteiger charge is -2.16. The van der Waals surface area contributed by atoms with Gasteiger partial charge in [-0.3, -0.25) is 0 Å². The van der Waals surface area contributed by atoms with Gasteiger partial charge in [-0.25, -0.2) is 10.2 Å². The van der Waals surface area contributed by atoms with Crippen molar-refractivity contribution in [2.75, 3.05) is 7.11 Å². The van der Waals surface area contributed by atoms with Gasteiger partial charge in [-0.15, -0.1) is 0 Å². The Morgan fingerprint density at radius 1 is 1.53 bits per heavy atom. The third kappa shape index (κ3) is 4.33. The van der Waals surface area contributed by atoms with Crippen molar-refractivity contribution in [2.24, 2.45) is 10.8 Å². The Hall–Kier alpha value is -1.95. The van der Waals surface area contributed by atoms with Crippen LogP contribution in [0.5, 0.6) is 11.5 Å². The summed E-state index contributed by atoms with van der Waals surface area (Å²) in [4.78, 5) is 10.6. The van der Waals surface area contributed by atoms with Gasteiger partial charge in [0.1, 0.15) is 5.75 Å². The zero-order valence-corrected chi connectivity index (χ0v) is 11.7. The average Bonchev–Trinajstić information content (AvgIpc) is 2.32. The molecule has 7 heteroatoms. The Bertz CT molecular complexity index is 489. The number of hydrazone groups is 1. The van der Waals surface area contributed by atoms with Crippen LogP contribution in [0.4, 0.5) is 4.79 Å². The number of hydrogen-bond donors (Lipinski definition) is 2. The van der Waals surface area contributed by atoms with E-state index in [2.05, 4.69) is 10.5 Å². The SMILES string of the molecule is COc1ccc(Cl)c(OC(C)C)c1C=NNC(N)=O. The third-order valence-corrected chi connectivity index (χ3v) is 2.35. The van der Waals surface area contributed by atoms with E-state index in [4.69, 9.17) is 26.8 Å². The van der Waals surface area contributed by atoms with Gasteiger partial charge in [-0.05, 0) is 26.0 Å². The summed E-state index contributed by atoms with van der Waals surface area (Å²) in [5.41, 5.74) is 7.55. The molecule has 19 heavy (non-hydrogen) atoms. The minimum absolute atomic E-state index is 0.0687. The van der Waals surface area contributed by atoms with Crippen LogP contribution in [-0.2, 0) is 0 Å². The Balaban J connectivity index is 3.18. The van der Waals surface area contributed by atoms with Crippen molar-refractivity contribution in [3.63, 3.8) is 0 Å². The summed E-state index contributed by atoms with van der Waals surface area (Å²) >= 11 is 6.09. The summed E-state index contributed by atoms with van der Waals surface area (Å²) in [5, 5.41) is 4.12. The lowest BCUT2D eigenvalue weighted by molar-refractivity contribution is 0.241. The maximum Gasteiger partial charge on any atom is 0.332 e. The summed E-state index contributed by atoms with van der Waals surface area (Å²) < 4.78 is 10.8. The zero-order chi connectivity index (χ0) is 14.4. The fourth-order valence-corrected chi connectivity index (χ4v) is 1.58. The molecule has 3 N–H and O–H groups in total. The van der Waals surface area contributed by atoms with Gasteiger partial charge in [0, 0.05) is 0 Å². The van der Waals surface area contributed by atoms with Crippen LogP contribution in [-0.4, -0.2) is 25.5 Å². The molecular weight excluding hydrogens is 270 g/mol.